The van der Waals surface area contributed by atoms with Crippen LogP contribution in [0.15, 0.2) is 10.9 Å². The van der Waals surface area contributed by atoms with E-state index in [2.05, 4.69) is 10.4 Å². The Morgan fingerprint density at radius 2 is 2.17 bits per heavy atom. The maximum Gasteiger partial charge on any atom is 0.326 e. The van der Waals surface area contributed by atoms with E-state index in [1.54, 1.807) is 0 Å². The maximum absolute atomic E-state index is 12.0. The minimum absolute atomic E-state index is 0.255. The first-order valence-electron chi connectivity index (χ1n) is 7.62. The van der Waals surface area contributed by atoms with Gasteiger partial charge in [-0.3, -0.25) is 9.59 Å². The summed E-state index contributed by atoms with van der Waals surface area (Å²) in [5.74, 6) is -0.948. The summed E-state index contributed by atoms with van der Waals surface area (Å²) >= 11 is 1.51. The van der Waals surface area contributed by atoms with E-state index in [-0.39, 0.29) is 12.1 Å². The Morgan fingerprint density at radius 3 is 2.87 bits per heavy atom. The lowest BCUT2D eigenvalue weighted by atomic mass is 9.97. The molecule has 0 aliphatic heterocycles. The Hall–Kier alpha value is -1.83. The van der Waals surface area contributed by atoms with Gasteiger partial charge in [-0.2, -0.15) is 16.9 Å². The zero-order valence-corrected chi connectivity index (χ0v) is 13.9. The average Bonchev–Trinajstić information content (AvgIpc) is 2.51. The van der Waals surface area contributed by atoms with Gasteiger partial charge < -0.3 is 10.4 Å². The fraction of sp³-hybridized carbons (Fsp3) is 0.600. The van der Waals surface area contributed by atoms with Gasteiger partial charge in [-0.05, 0) is 49.7 Å². The smallest absolute Gasteiger partial charge is 0.326 e. The lowest BCUT2D eigenvalue weighted by Crippen LogP contribution is -2.44. The summed E-state index contributed by atoms with van der Waals surface area (Å²) in [5.41, 5.74) is 1.50. The van der Waals surface area contributed by atoms with Crippen LogP contribution in [0.5, 0.6) is 0 Å². The summed E-state index contributed by atoms with van der Waals surface area (Å²) in [5, 5.41) is 15.8. The molecule has 0 spiro atoms. The molecule has 0 bridgehead atoms. The third-order valence-corrected chi connectivity index (χ3v) is 4.46. The predicted molar refractivity (Wildman–Crippen MR) is 87.7 cm³/mol. The SMILES string of the molecule is CSCC[C@@H](NC(=O)Cn1nc2c(cc1=O)CCCC2)C(=O)O. The third-order valence-electron chi connectivity index (χ3n) is 3.81. The molecule has 2 rings (SSSR count). The highest BCUT2D eigenvalue weighted by Gasteiger charge is 2.20. The van der Waals surface area contributed by atoms with Crippen molar-refractivity contribution in [2.75, 3.05) is 12.0 Å². The van der Waals surface area contributed by atoms with Crippen molar-refractivity contribution in [3.05, 3.63) is 27.7 Å². The maximum atomic E-state index is 12.0. The first-order chi connectivity index (χ1) is 11.0. The van der Waals surface area contributed by atoms with Crippen LogP contribution in [0.25, 0.3) is 0 Å². The first kappa shape index (κ1) is 17.5. The number of aromatic nitrogens is 2. The van der Waals surface area contributed by atoms with Crippen molar-refractivity contribution in [1.82, 2.24) is 15.1 Å². The van der Waals surface area contributed by atoms with Gasteiger partial charge in [0.2, 0.25) is 5.91 Å². The summed E-state index contributed by atoms with van der Waals surface area (Å²) < 4.78 is 1.12. The van der Waals surface area contributed by atoms with Crippen LogP contribution in [0.4, 0.5) is 0 Å². The number of hydrogen-bond donors (Lipinski definition) is 2. The Kier molecular flexibility index (Phi) is 6.20. The average molecular weight is 339 g/mol. The Morgan fingerprint density at radius 1 is 1.43 bits per heavy atom. The quantitative estimate of drug-likeness (QED) is 0.748. The summed E-state index contributed by atoms with van der Waals surface area (Å²) in [7, 11) is 0. The molecule has 1 aliphatic rings. The van der Waals surface area contributed by atoms with Gasteiger partial charge in [0.15, 0.2) is 0 Å². The lowest BCUT2D eigenvalue weighted by molar-refractivity contribution is -0.142. The highest BCUT2D eigenvalue weighted by molar-refractivity contribution is 7.98. The standard InChI is InChI=1S/C15H21N3O4S/c1-23-7-6-12(15(21)22)16-13(19)9-18-14(20)8-10-4-2-3-5-11(10)17-18/h8,12H,2-7,9H2,1H3,(H,16,19)(H,21,22)/t12-/m1/s1. The van der Waals surface area contributed by atoms with Gasteiger partial charge in [0, 0.05) is 6.07 Å². The van der Waals surface area contributed by atoms with Gasteiger partial charge in [0.1, 0.15) is 12.6 Å². The summed E-state index contributed by atoms with van der Waals surface area (Å²) in [6.07, 6.45) is 5.95. The lowest BCUT2D eigenvalue weighted by Gasteiger charge is -2.17. The number of thioether (sulfide) groups is 1. The number of aryl methyl sites for hydroxylation is 2. The molecular weight excluding hydrogens is 318 g/mol. The molecule has 1 aliphatic carbocycles. The number of rotatable bonds is 7. The Bertz CT molecular complexity index is 644. The molecule has 1 aromatic rings. The van der Waals surface area contributed by atoms with Crippen molar-refractivity contribution in [2.45, 2.75) is 44.7 Å². The van der Waals surface area contributed by atoms with Gasteiger partial charge in [-0.25, -0.2) is 9.48 Å². The minimum Gasteiger partial charge on any atom is -0.480 e. The largest absolute Gasteiger partial charge is 0.480 e. The van der Waals surface area contributed by atoms with Crippen molar-refractivity contribution in [3.8, 4) is 0 Å². The fourth-order valence-electron chi connectivity index (χ4n) is 2.58. The number of nitrogens with zero attached hydrogens (tertiary/aromatic N) is 2. The molecule has 1 atom stereocenters. The summed E-state index contributed by atoms with van der Waals surface area (Å²) in [4.78, 5) is 35.2. The molecule has 0 aromatic carbocycles. The number of hydrogen-bond acceptors (Lipinski definition) is 5. The van der Waals surface area contributed by atoms with Crippen molar-refractivity contribution < 1.29 is 14.7 Å². The highest BCUT2D eigenvalue weighted by atomic mass is 32.2. The van der Waals surface area contributed by atoms with Crippen LogP contribution in [0.3, 0.4) is 0 Å². The van der Waals surface area contributed by atoms with Crippen LogP contribution in [-0.4, -0.2) is 44.8 Å². The first-order valence-corrected chi connectivity index (χ1v) is 9.01. The van der Waals surface area contributed by atoms with Crippen LogP contribution in [0, 0.1) is 0 Å². The molecule has 0 fully saturated rings. The van der Waals surface area contributed by atoms with Crippen molar-refractivity contribution in [2.24, 2.45) is 0 Å². The molecule has 2 N–H and O–H groups in total. The predicted octanol–water partition coefficient (Wildman–Crippen LogP) is 0.445. The molecule has 1 aromatic heterocycles. The summed E-state index contributed by atoms with van der Waals surface area (Å²) in [6.45, 7) is -0.255. The normalized spacial score (nSPS) is 14.8. The number of carbonyl (C=O) groups is 2. The number of nitrogens with one attached hydrogen (secondary N) is 1. The van der Waals surface area contributed by atoms with Crippen LogP contribution >= 0.6 is 11.8 Å². The van der Waals surface area contributed by atoms with E-state index in [0.29, 0.717) is 12.2 Å². The van der Waals surface area contributed by atoms with E-state index < -0.39 is 17.9 Å². The molecule has 7 nitrogen and oxygen atoms in total. The van der Waals surface area contributed by atoms with Gasteiger partial charge in [-0.15, -0.1) is 0 Å². The zero-order chi connectivity index (χ0) is 16.8. The van der Waals surface area contributed by atoms with Gasteiger partial charge in [-0.1, -0.05) is 0 Å². The van der Waals surface area contributed by atoms with E-state index in [1.165, 1.54) is 17.8 Å². The van der Waals surface area contributed by atoms with Crippen LogP contribution in [0.1, 0.15) is 30.5 Å². The zero-order valence-electron chi connectivity index (χ0n) is 13.1. The number of carbonyl (C=O) groups excluding carboxylic acids is 1. The second kappa shape index (κ2) is 8.14. The number of carboxylic acid groups (broad SMARTS) is 1. The van der Waals surface area contributed by atoms with E-state index in [4.69, 9.17) is 5.11 Å². The van der Waals surface area contributed by atoms with Crippen molar-refractivity contribution >= 4 is 23.6 Å². The van der Waals surface area contributed by atoms with Gasteiger partial charge >= 0.3 is 5.97 Å². The third kappa shape index (κ3) is 4.82. The highest BCUT2D eigenvalue weighted by Crippen LogP contribution is 2.16. The van der Waals surface area contributed by atoms with E-state index in [9.17, 15) is 14.4 Å². The molecule has 126 valence electrons. The van der Waals surface area contributed by atoms with Crippen molar-refractivity contribution in [1.29, 1.82) is 0 Å². The molecule has 1 heterocycles. The Balaban J connectivity index is 2.04. The molecule has 0 saturated carbocycles. The molecule has 23 heavy (non-hydrogen) atoms. The number of aliphatic carboxylic acids is 1. The van der Waals surface area contributed by atoms with Gasteiger partial charge in [0.25, 0.3) is 5.56 Å². The molecular formula is C15H21N3O4S. The molecule has 8 heteroatoms. The Labute approximate surface area is 138 Å². The molecule has 0 unspecified atom stereocenters. The second-order valence-electron chi connectivity index (χ2n) is 5.56. The number of carboxylic acids is 1. The number of fused-ring (bicyclic) bond motifs is 1. The molecule has 0 saturated heterocycles. The number of amides is 1. The summed E-state index contributed by atoms with van der Waals surface area (Å²) in [6, 6.07) is 0.597. The fourth-order valence-corrected chi connectivity index (χ4v) is 3.05. The van der Waals surface area contributed by atoms with Gasteiger partial charge in [0.05, 0.1) is 5.69 Å². The van der Waals surface area contributed by atoms with Crippen molar-refractivity contribution in [3.63, 3.8) is 0 Å². The van der Waals surface area contributed by atoms with Crippen LogP contribution < -0.4 is 10.9 Å². The molecule has 0 radical (unpaired) electrons. The topological polar surface area (TPSA) is 101 Å². The van der Waals surface area contributed by atoms with E-state index in [0.717, 1.165) is 41.6 Å². The minimum atomic E-state index is -1.07. The van der Waals surface area contributed by atoms with E-state index >= 15 is 0 Å². The van der Waals surface area contributed by atoms with E-state index in [1.807, 2.05) is 6.26 Å². The van der Waals surface area contributed by atoms with Crippen LogP contribution in [0.2, 0.25) is 0 Å². The monoisotopic (exact) mass is 339 g/mol. The van der Waals surface area contributed by atoms with Crippen LogP contribution in [-0.2, 0) is 29.0 Å². The molecule has 1 amide bonds. The second-order valence-corrected chi connectivity index (χ2v) is 6.54.